The molecule has 4 aromatic rings. The highest BCUT2D eigenvalue weighted by Crippen LogP contribution is 2.33. The molecule has 0 unspecified atom stereocenters. The lowest BCUT2D eigenvalue weighted by molar-refractivity contribution is 0.471. The Bertz CT molecular complexity index is 1150. The number of benzene rings is 2. The molecule has 0 atom stereocenters. The highest BCUT2D eigenvalue weighted by molar-refractivity contribution is 9.11. The number of hydrogen-bond acceptors (Lipinski definition) is 5. The van der Waals surface area contributed by atoms with Crippen LogP contribution in [0.1, 0.15) is 11.1 Å². The SMILES string of the molecule is Cc1c(N=Cc2cc(Br)cc(Br)c2O)cccc1-c1nc2ncccc2o1. The Morgan fingerprint density at radius 1 is 1.15 bits per heavy atom. The van der Waals surface area contributed by atoms with E-state index in [0.717, 1.165) is 21.3 Å². The summed E-state index contributed by atoms with van der Waals surface area (Å²) in [6.45, 7) is 1.96. The predicted octanol–water partition coefficient (Wildman–Crippen LogP) is 6.18. The zero-order chi connectivity index (χ0) is 19.0. The average molecular weight is 487 g/mol. The molecule has 0 fully saturated rings. The molecule has 7 heteroatoms. The van der Waals surface area contributed by atoms with Gasteiger partial charge in [-0.25, -0.2) is 4.98 Å². The number of aliphatic imine (C=N–C) groups is 1. The third-order valence-corrected chi connectivity index (χ3v) is 5.16. The topological polar surface area (TPSA) is 71.5 Å². The summed E-state index contributed by atoms with van der Waals surface area (Å²) in [5.74, 6) is 0.645. The first-order chi connectivity index (χ1) is 13.0. The van der Waals surface area contributed by atoms with Gasteiger partial charge in [-0.15, -0.1) is 0 Å². The maximum Gasteiger partial charge on any atom is 0.229 e. The van der Waals surface area contributed by atoms with Crippen LogP contribution in [0.2, 0.25) is 0 Å². The molecule has 0 aliphatic heterocycles. The number of oxazole rings is 1. The first kappa shape index (κ1) is 17.9. The Kier molecular flexibility index (Phi) is 4.80. The molecule has 2 heterocycles. The van der Waals surface area contributed by atoms with Crippen LogP contribution in [-0.2, 0) is 0 Å². The quantitative estimate of drug-likeness (QED) is 0.351. The van der Waals surface area contributed by atoms with Gasteiger partial charge in [0.25, 0.3) is 0 Å². The van der Waals surface area contributed by atoms with Crippen LogP contribution in [0.25, 0.3) is 22.7 Å². The molecule has 0 spiro atoms. The second-order valence-corrected chi connectivity index (χ2v) is 7.65. The average Bonchev–Trinajstić information content (AvgIpc) is 3.08. The summed E-state index contributed by atoms with van der Waals surface area (Å²) in [5.41, 5.74) is 4.36. The molecule has 0 amide bonds. The molecule has 27 heavy (non-hydrogen) atoms. The van der Waals surface area contributed by atoms with Gasteiger partial charge in [0, 0.05) is 28.0 Å². The van der Waals surface area contributed by atoms with E-state index in [1.165, 1.54) is 0 Å². The molecular weight excluding hydrogens is 474 g/mol. The van der Waals surface area contributed by atoms with Gasteiger partial charge in [-0.3, -0.25) is 4.99 Å². The molecule has 5 nitrogen and oxygen atoms in total. The Balaban J connectivity index is 1.74. The first-order valence-corrected chi connectivity index (χ1v) is 9.65. The van der Waals surface area contributed by atoms with Gasteiger partial charge < -0.3 is 9.52 Å². The summed E-state index contributed by atoms with van der Waals surface area (Å²) in [7, 11) is 0. The Morgan fingerprint density at radius 2 is 2.00 bits per heavy atom. The fourth-order valence-electron chi connectivity index (χ4n) is 2.70. The van der Waals surface area contributed by atoms with Crippen molar-refractivity contribution in [3.63, 3.8) is 0 Å². The zero-order valence-electron chi connectivity index (χ0n) is 14.1. The third-order valence-electron chi connectivity index (χ3n) is 4.10. The Hall–Kier alpha value is -2.51. The van der Waals surface area contributed by atoms with Crippen molar-refractivity contribution in [2.45, 2.75) is 6.92 Å². The lowest BCUT2D eigenvalue weighted by Crippen LogP contribution is -1.87. The fourth-order valence-corrected chi connectivity index (χ4v) is 3.96. The van der Waals surface area contributed by atoms with E-state index in [4.69, 9.17) is 4.42 Å². The number of aromatic nitrogens is 2. The minimum absolute atomic E-state index is 0.140. The molecule has 0 bridgehead atoms. The van der Waals surface area contributed by atoms with Gasteiger partial charge in [-0.1, -0.05) is 22.0 Å². The van der Waals surface area contributed by atoms with E-state index in [0.29, 0.717) is 27.2 Å². The summed E-state index contributed by atoms with van der Waals surface area (Å²) in [6.07, 6.45) is 3.31. The summed E-state index contributed by atoms with van der Waals surface area (Å²) in [4.78, 5) is 13.2. The van der Waals surface area contributed by atoms with Crippen molar-refractivity contribution >= 4 is 55.0 Å². The van der Waals surface area contributed by atoms with E-state index >= 15 is 0 Å². The number of nitrogens with zero attached hydrogens (tertiary/aromatic N) is 3. The second kappa shape index (κ2) is 7.25. The van der Waals surface area contributed by atoms with Crippen LogP contribution in [0.3, 0.4) is 0 Å². The molecule has 0 aliphatic carbocycles. The maximum absolute atomic E-state index is 10.2. The Labute approximate surface area is 172 Å². The van der Waals surface area contributed by atoms with E-state index in [1.807, 2.05) is 37.3 Å². The molecule has 0 radical (unpaired) electrons. The second-order valence-electron chi connectivity index (χ2n) is 5.88. The van der Waals surface area contributed by atoms with Gasteiger partial charge in [0.15, 0.2) is 11.2 Å². The summed E-state index contributed by atoms with van der Waals surface area (Å²) in [5, 5.41) is 10.2. The normalized spacial score (nSPS) is 11.5. The van der Waals surface area contributed by atoms with Gasteiger partial charge in [0.05, 0.1) is 10.2 Å². The number of rotatable bonds is 3. The van der Waals surface area contributed by atoms with Crippen molar-refractivity contribution in [2.24, 2.45) is 4.99 Å². The van der Waals surface area contributed by atoms with Crippen LogP contribution in [0, 0.1) is 6.92 Å². The van der Waals surface area contributed by atoms with Gasteiger partial charge in [-0.2, -0.15) is 4.98 Å². The summed E-state index contributed by atoms with van der Waals surface area (Å²) >= 11 is 6.75. The van der Waals surface area contributed by atoms with Crippen molar-refractivity contribution in [3.05, 3.63) is 68.7 Å². The van der Waals surface area contributed by atoms with Crippen LogP contribution >= 0.6 is 31.9 Å². The minimum Gasteiger partial charge on any atom is -0.506 e. The highest BCUT2D eigenvalue weighted by atomic mass is 79.9. The zero-order valence-corrected chi connectivity index (χ0v) is 17.3. The molecule has 2 aromatic carbocycles. The number of halogens is 2. The van der Waals surface area contributed by atoms with Crippen LogP contribution < -0.4 is 0 Å². The maximum atomic E-state index is 10.2. The van der Waals surface area contributed by atoms with Crippen molar-refractivity contribution in [1.29, 1.82) is 0 Å². The van der Waals surface area contributed by atoms with Crippen molar-refractivity contribution in [3.8, 4) is 17.2 Å². The smallest absolute Gasteiger partial charge is 0.229 e. The summed E-state index contributed by atoms with van der Waals surface area (Å²) in [6, 6.07) is 13.0. The van der Waals surface area contributed by atoms with E-state index in [2.05, 4.69) is 46.8 Å². The number of pyridine rings is 1. The lowest BCUT2D eigenvalue weighted by atomic mass is 10.1. The lowest BCUT2D eigenvalue weighted by Gasteiger charge is -2.06. The van der Waals surface area contributed by atoms with E-state index in [9.17, 15) is 5.11 Å². The van der Waals surface area contributed by atoms with E-state index in [1.54, 1.807) is 24.5 Å². The van der Waals surface area contributed by atoms with Crippen molar-refractivity contribution in [1.82, 2.24) is 9.97 Å². The molecular formula is C20H13Br2N3O2. The van der Waals surface area contributed by atoms with Gasteiger partial charge in [-0.05, 0) is 64.8 Å². The molecule has 0 aliphatic rings. The molecule has 2 aromatic heterocycles. The third kappa shape index (κ3) is 3.52. The van der Waals surface area contributed by atoms with E-state index in [-0.39, 0.29) is 5.75 Å². The number of fused-ring (bicyclic) bond motifs is 1. The largest absolute Gasteiger partial charge is 0.506 e. The monoisotopic (exact) mass is 485 g/mol. The van der Waals surface area contributed by atoms with Crippen molar-refractivity contribution < 1.29 is 9.52 Å². The number of hydrogen-bond donors (Lipinski definition) is 1. The predicted molar refractivity (Wildman–Crippen MR) is 113 cm³/mol. The van der Waals surface area contributed by atoms with Gasteiger partial charge in [0.2, 0.25) is 5.89 Å². The number of phenolic OH excluding ortho intramolecular Hbond substituents is 1. The van der Waals surface area contributed by atoms with Crippen LogP contribution in [-0.4, -0.2) is 21.3 Å². The Morgan fingerprint density at radius 3 is 2.81 bits per heavy atom. The summed E-state index contributed by atoms with van der Waals surface area (Å²) < 4.78 is 7.27. The van der Waals surface area contributed by atoms with Crippen LogP contribution in [0.15, 0.2) is 67.0 Å². The minimum atomic E-state index is 0.140. The molecule has 134 valence electrons. The molecule has 0 saturated heterocycles. The van der Waals surface area contributed by atoms with Gasteiger partial charge in [0.1, 0.15) is 5.75 Å². The number of phenols is 1. The number of aromatic hydroxyl groups is 1. The van der Waals surface area contributed by atoms with Crippen LogP contribution in [0.4, 0.5) is 5.69 Å². The molecule has 0 saturated carbocycles. The van der Waals surface area contributed by atoms with Crippen molar-refractivity contribution in [2.75, 3.05) is 0 Å². The van der Waals surface area contributed by atoms with Gasteiger partial charge >= 0.3 is 0 Å². The van der Waals surface area contributed by atoms with Crippen LogP contribution in [0.5, 0.6) is 5.75 Å². The standard InChI is InChI=1S/C20H13Br2N3O2/c1-11-14(20-25-19-17(27-20)6-3-7-23-19)4-2-5-16(11)24-10-12-8-13(21)9-15(22)18(12)26/h2-10,26H,1H3. The van der Waals surface area contributed by atoms with E-state index < -0.39 is 0 Å². The molecule has 1 N–H and O–H groups in total. The highest BCUT2D eigenvalue weighted by Gasteiger charge is 2.13. The fraction of sp³-hybridized carbons (Fsp3) is 0.0500. The molecule has 4 rings (SSSR count). The first-order valence-electron chi connectivity index (χ1n) is 8.06.